The van der Waals surface area contributed by atoms with Crippen LogP contribution in [0, 0.1) is 6.92 Å². The van der Waals surface area contributed by atoms with Crippen LogP contribution in [0.15, 0.2) is 59.5 Å². The van der Waals surface area contributed by atoms with E-state index in [1.807, 2.05) is 6.92 Å². The molecule has 0 aromatic heterocycles. The number of rotatable bonds is 8. The standard InChI is InChI=1S/C19H20O6S/c1-15-3-10-18(11-4-15)26(21,22)25-14-13-24-17-8-5-16(6-9-17)7-12-19(20)23-2/h3-12H,13-14H2,1-2H3/b12-7+. The summed E-state index contributed by atoms with van der Waals surface area (Å²) in [4.78, 5) is 11.1. The third-order valence-electron chi connectivity index (χ3n) is 3.39. The fourth-order valence-corrected chi connectivity index (χ4v) is 2.88. The third-order valence-corrected chi connectivity index (χ3v) is 4.72. The zero-order valence-corrected chi connectivity index (χ0v) is 15.4. The van der Waals surface area contributed by atoms with Crippen molar-refractivity contribution in [2.45, 2.75) is 11.8 Å². The largest absolute Gasteiger partial charge is 0.491 e. The van der Waals surface area contributed by atoms with Crippen molar-refractivity contribution in [3.8, 4) is 5.75 Å². The van der Waals surface area contributed by atoms with Crippen LogP contribution in [-0.4, -0.2) is 34.7 Å². The molecule has 2 aromatic carbocycles. The Bertz CT molecular complexity index is 852. The number of carbonyl (C=O) groups excluding carboxylic acids is 1. The minimum atomic E-state index is -3.79. The molecule has 138 valence electrons. The van der Waals surface area contributed by atoms with Gasteiger partial charge in [-0.05, 0) is 42.8 Å². The zero-order valence-electron chi connectivity index (χ0n) is 14.5. The van der Waals surface area contributed by atoms with Crippen LogP contribution in [0.1, 0.15) is 11.1 Å². The summed E-state index contributed by atoms with van der Waals surface area (Å²) in [5.74, 6) is 0.133. The van der Waals surface area contributed by atoms with Gasteiger partial charge in [0, 0.05) is 6.08 Å². The zero-order chi connectivity index (χ0) is 19.0. The summed E-state index contributed by atoms with van der Waals surface area (Å²) in [6.07, 6.45) is 2.94. The number of hydrogen-bond donors (Lipinski definition) is 0. The van der Waals surface area contributed by atoms with E-state index < -0.39 is 16.1 Å². The van der Waals surface area contributed by atoms with Crippen LogP contribution < -0.4 is 4.74 Å². The highest BCUT2D eigenvalue weighted by Gasteiger charge is 2.14. The molecule has 0 saturated carbocycles. The molecule has 0 bridgehead atoms. The third kappa shape index (κ3) is 6.02. The molecule has 2 rings (SSSR count). The molecule has 0 aliphatic heterocycles. The topological polar surface area (TPSA) is 78.9 Å². The SMILES string of the molecule is COC(=O)/C=C/c1ccc(OCCOS(=O)(=O)c2ccc(C)cc2)cc1. The monoisotopic (exact) mass is 376 g/mol. The van der Waals surface area contributed by atoms with Crippen molar-refractivity contribution in [2.75, 3.05) is 20.3 Å². The smallest absolute Gasteiger partial charge is 0.330 e. The van der Waals surface area contributed by atoms with Gasteiger partial charge in [0.1, 0.15) is 19.0 Å². The van der Waals surface area contributed by atoms with Crippen molar-refractivity contribution in [3.05, 3.63) is 65.7 Å². The van der Waals surface area contributed by atoms with Gasteiger partial charge in [0.05, 0.1) is 12.0 Å². The van der Waals surface area contributed by atoms with E-state index in [1.54, 1.807) is 42.5 Å². The van der Waals surface area contributed by atoms with Crippen molar-refractivity contribution in [3.63, 3.8) is 0 Å². The lowest BCUT2D eigenvalue weighted by molar-refractivity contribution is -0.134. The molecule has 0 radical (unpaired) electrons. The molecular weight excluding hydrogens is 356 g/mol. The highest BCUT2D eigenvalue weighted by Crippen LogP contribution is 2.15. The number of hydrogen-bond acceptors (Lipinski definition) is 6. The lowest BCUT2D eigenvalue weighted by Gasteiger charge is -2.08. The Balaban J connectivity index is 1.81. The second-order valence-corrected chi connectivity index (χ2v) is 6.98. The predicted octanol–water partition coefficient (Wildman–Crippen LogP) is 2.97. The first-order valence-corrected chi connectivity index (χ1v) is 9.26. The fraction of sp³-hybridized carbons (Fsp3) is 0.211. The van der Waals surface area contributed by atoms with Crippen molar-refractivity contribution in [1.82, 2.24) is 0 Å². The van der Waals surface area contributed by atoms with Gasteiger partial charge in [0.2, 0.25) is 0 Å². The van der Waals surface area contributed by atoms with Gasteiger partial charge in [-0.1, -0.05) is 29.8 Å². The maximum Gasteiger partial charge on any atom is 0.330 e. The van der Waals surface area contributed by atoms with Crippen LogP contribution in [0.4, 0.5) is 0 Å². The lowest BCUT2D eigenvalue weighted by atomic mass is 10.2. The number of carbonyl (C=O) groups is 1. The van der Waals surface area contributed by atoms with Crippen LogP contribution >= 0.6 is 0 Å². The van der Waals surface area contributed by atoms with E-state index in [2.05, 4.69) is 4.74 Å². The van der Waals surface area contributed by atoms with Crippen LogP contribution in [0.25, 0.3) is 6.08 Å². The van der Waals surface area contributed by atoms with Crippen LogP contribution in [0.5, 0.6) is 5.75 Å². The summed E-state index contributed by atoms with van der Waals surface area (Å²) in [5, 5.41) is 0. The highest BCUT2D eigenvalue weighted by atomic mass is 32.2. The van der Waals surface area contributed by atoms with Crippen LogP contribution in [0.3, 0.4) is 0 Å². The molecule has 2 aromatic rings. The summed E-state index contributed by atoms with van der Waals surface area (Å²) in [6.45, 7) is 1.87. The summed E-state index contributed by atoms with van der Waals surface area (Å²) in [5.41, 5.74) is 1.78. The molecule has 7 heteroatoms. The molecule has 0 saturated heterocycles. The summed E-state index contributed by atoms with van der Waals surface area (Å²) < 4.78 is 39.0. The maximum atomic E-state index is 12.0. The Morgan fingerprint density at radius 1 is 1.00 bits per heavy atom. The van der Waals surface area contributed by atoms with E-state index in [0.717, 1.165) is 11.1 Å². The molecule has 0 aliphatic rings. The van der Waals surface area contributed by atoms with Gasteiger partial charge in [-0.2, -0.15) is 8.42 Å². The summed E-state index contributed by atoms with van der Waals surface area (Å²) in [7, 11) is -2.48. The number of methoxy groups -OCH3 is 1. The second kappa shape index (κ2) is 9.17. The molecular formula is C19H20O6S. The highest BCUT2D eigenvalue weighted by molar-refractivity contribution is 7.86. The molecule has 0 aliphatic carbocycles. The van der Waals surface area contributed by atoms with E-state index in [1.165, 1.54) is 25.3 Å². The normalized spacial score (nSPS) is 11.5. The molecule has 0 spiro atoms. The number of ether oxygens (including phenoxy) is 2. The van der Waals surface area contributed by atoms with Crippen LogP contribution in [0.2, 0.25) is 0 Å². The Labute approximate surface area is 153 Å². The maximum absolute atomic E-state index is 12.0. The average Bonchev–Trinajstić information content (AvgIpc) is 2.64. The molecule has 0 heterocycles. The first kappa shape index (κ1) is 19.7. The molecule has 26 heavy (non-hydrogen) atoms. The predicted molar refractivity (Wildman–Crippen MR) is 97.3 cm³/mol. The molecule has 0 unspecified atom stereocenters. The van der Waals surface area contributed by atoms with Gasteiger partial charge in [0.15, 0.2) is 0 Å². The average molecular weight is 376 g/mol. The number of aryl methyl sites for hydroxylation is 1. The molecule has 0 atom stereocenters. The van der Waals surface area contributed by atoms with Gasteiger partial charge < -0.3 is 9.47 Å². The quantitative estimate of drug-likeness (QED) is 0.305. The van der Waals surface area contributed by atoms with Gasteiger partial charge >= 0.3 is 5.97 Å². The molecule has 0 fully saturated rings. The first-order chi connectivity index (χ1) is 12.4. The van der Waals surface area contributed by atoms with Crippen molar-refractivity contribution < 1.29 is 26.9 Å². The molecule has 6 nitrogen and oxygen atoms in total. The van der Waals surface area contributed by atoms with Gasteiger partial charge in [-0.25, -0.2) is 4.79 Å². The lowest BCUT2D eigenvalue weighted by Crippen LogP contribution is -2.13. The first-order valence-electron chi connectivity index (χ1n) is 7.86. The van der Waals surface area contributed by atoms with E-state index in [9.17, 15) is 13.2 Å². The minimum absolute atomic E-state index is 0.0858. The Morgan fingerprint density at radius 3 is 2.27 bits per heavy atom. The molecule has 0 amide bonds. The summed E-state index contributed by atoms with van der Waals surface area (Å²) >= 11 is 0. The summed E-state index contributed by atoms with van der Waals surface area (Å²) in [6, 6.07) is 13.4. The van der Waals surface area contributed by atoms with Crippen molar-refractivity contribution >= 4 is 22.2 Å². The van der Waals surface area contributed by atoms with E-state index >= 15 is 0 Å². The van der Waals surface area contributed by atoms with Crippen molar-refractivity contribution in [1.29, 1.82) is 0 Å². The van der Waals surface area contributed by atoms with E-state index in [-0.39, 0.29) is 18.1 Å². The van der Waals surface area contributed by atoms with Crippen molar-refractivity contribution in [2.24, 2.45) is 0 Å². The van der Waals surface area contributed by atoms with Gasteiger partial charge in [-0.3, -0.25) is 4.18 Å². The number of esters is 1. The Morgan fingerprint density at radius 2 is 1.65 bits per heavy atom. The Hall–Kier alpha value is -2.64. The van der Waals surface area contributed by atoms with E-state index in [4.69, 9.17) is 8.92 Å². The van der Waals surface area contributed by atoms with Crippen LogP contribution in [-0.2, 0) is 23.8 Å². The Kier molecular flexibility index (Phi) is 6.94. The van der Waals surface area contributed by atoms with E-state index in [0.29, 0.717) is 5.75 Å². The molecule has 0 N–H and O–H groups in total. The van der Waals surface area contributed by atoms with Gasteiger partial charge in [0.25, 0.3) is 10.1 Å². The second-order valence-electron chi connectivity index (χ2n) is 5.36. The fourth-order valence-electron chi connectivity index (χ4n) is 1.98. The number of benzene rings is 2. The minimum Gasteiger partial charge on any atom is -0.491 e. The van der Waals surface area contributed by atoms with Gasteiger partial charge in [-0.15, -0.1) is 0 Å².